The van der Waals surface area contributed by atoms with Gasteiger partial charge in [0.2, 0.25) is 5.91 Å². The minimum Gasteiger partial charge on any atom is -0.435 e. The SMILES string of the molecule is NC(=O)CC1CC(=O)c2cc(OC(F)F)ccc2N1. The quantitative estimate of drug-likeness (QED) is 0.869. The molecule has 7 heteroatoms. The molecular weight excluding hydrogens is 258 g/mol. The van der Waals surface area contributed by atoms with Crippen molar-refractivity contribution in [3.63, 3.8) is 0 Å². The van der Waals surface area contributed by atoms with E-state index < -0.39 is 12.5 Å². The van der Waals surface area contributed by atoms with Gasteiger partial charge in [-0.3, -0.25) is 9.59 Å². The van der Waals surface area contributed by atoms with Gasteiger partial charge in [0, 0.05) is 30.1 Å². The Morgan fingerprint density at radius 2 is 2.26 bits per heavy atom. The molecule has 0 saturated carbocycles. The summed E-state index contributed by atoms with van der Waals surface area (Å²) in [6.45, 7) is -2.94. The van der Waals surface area contributed by atoms with Crippen molar-refractivity contribution in [3.8, 4) is 5.75 Å². The molecule has 5 nitrogen and oxygen atoms in total. The van der Waals surface area contributed by atoms with Gasteiger partial charge in [-0.2, -0.15) is 8.78 Å². The molecule has 3 N–H and O–H groups in total. The van der Waals surface area contributed by atoms with E-state index in [1.54, 1.807) is 0 Å². The molecule has 0 saturated heterocycles. The van der Waals surface area contributed by atoms with E-state index in [-0.39, 0.29) is 36.0 Å². The van der Waals surface area contributed by atoms with Gasteiger partial charge in [0.05, 0.1) is 0 Å². The molecule has 102 valence electrons. The molecule has 0 bridgehead atoms. The smallest absolute Gasteiger partial charge is 0.387 e. The van der Waals surface area contributed by atoms with Gasteiger partial charge in [-0.1, -0.05) is 0 Å². The summed E-state index contributed by atoms with van der Waals surface area (Å²) >= 11 is 0. The lowest BCUT2D eigenvalue weighted by Gasteiger charge is -2.25. The standard InChI is InChI=1S/C12H12F2N2O3/c13-12(14)19-7-1-2-9-8(5-7)10(17)3-6(16-9)4-11(15)18/h1-2,5-6,12,16H,3-4H2,(H2,15,18). The number of ketones is 1. The van der Waals surface area contributed by atoms with Crippen LogP contribution in [-0.2, 0) is 4.79 Å². The van der Waals surface area contributed by atoms with E-state index in [0.717, 1.165) is 0 Å². The number of hydrogen-bond donors (Lipinski definition) is 2. The second-order valence-corrected chi connectivity index (χ2v) is 4.22. The number of alkyl halides is 2. The van der Waals surface area contributed by atoms with Gasteiger partial charge in [0.15, 0.2) is 5.78 Å². The van der Waals surface area contributed by atoms with Crippen LogP contribution < -0.4 is 15.8 Å². The molecule has 0 radical (unpaired) electrons. The Morgan fingerprint density at radius 3 is 2.89 bits per heavy atom. The van der Waals surface area contributed by atoms with E-state index in [0.29, 0.717) is 5.69 Å². The number of carbonyl (C=O) groups excluding carboxylic acids is 2. The largest absolute Gasteiger partial charge is 0.435 e. The zero-order valence-electron chi connectivity index (χ0n) is 9.86. The fourth-order valence-electron chi connectivity index (χ4n) is 2.03. The van der Waals surface area contributed by atoms with Crippen LogP contribution in [0, 0.1) is 0 Å². The Labute approximate surface area is 107 Å². The fraction of sp³-hybridized carbons (Fsp3) is 0.333. The summed E-state index contributed by atoms with van der Waals surface area (Å²) in [5, 5.41) is 2.97. The molecule has 1 heterocycles. The van der Waals surface area contributed by atoms with E-state index in [9.17, 15) is 18.4 Å². The van der Waals surface area contributed by atoms with E-state index >= 15 is 0 Å². The van der Waals surface area contributed by atoms with Gasteiger partial charge in [-0.25, -0.2) is 0 Å². The van der Waals surface area contributed by atoms with Crippen molar-refractivity contribution in [1.29, 1.82) is 0 Å². The van der Waals surface area contributed by atoms with Gasteiger partial charge in [0.1, 0.15) is 5.75 Å². The zero-order valence-corrected chi connectivity index (χ0v) is 9.86. The average molecular weight is 270 g/mol. The van der Waals surface area contributed by atoms with Gasteiger partial charge in [-0.15, -0.1) is 0 Å². The van der Waals surface area contributed by atoms with Crippen LogP contribution in [-0.4, -0.2) is 24.3 Å². The number of fused-ring (bicyclic) bond motifs is 1. The lowest BCUT2D eigenvalue weighted by Crippen LogP contribution is -2.33. The molecule has 0 aliphatic carbocycles. The second-order valence-electron chi connectivity index (χ2n) is 4.22. The number of nitrogens with two attached hydrogens (primary N) is 1. The number of hydrogen-bond acceptors (Lipinski definition) is 4. The molecule has 0 aromatic heterocycles. The Bertz CT molecular complexity index is 520. The van der Waals surface area contributed by atoms with E-state index in [1.807, 2.05) is 0 Å². The average Bonchev–Trinajstić information content (AvgIpc) is 2.28. The summed E-state index contributed by atoms with van der Waals surface area (Å²) in [6, 6.07) is 3.70. The summed E-state index contributed by atoms with van der Waals surface area (Å²) in [6.07, 6.45) is 0.133. The van der Waals surface area contributed by atoms with Crippen LogP contribution in [0.15, 0.2) is 18.2 Å². The molecule has 1 unspecified atom stereocenters. The van der Waals surface area contributed by atoms with Crippen LogP contribution >= 0.6 is 0 Å². The van der Waals surface area contributed by atoms with Crippen LogP contribution in [0.25, 0.3) is 0 Å². The predicted octanol–water partition coefficient (Wildman–Crippen LogP) is 1.53. The number of carbonyl (C=O) groups is 2. The monoisotopic (exact) mass is 270 g/mol. The maximum absolute atomic E-state index is 12.1. The number of halogens is 2. The molecule has 19 heavy (non-hydrogen) atoms. The number of ether oxygens (including phenoxy) is 1. The molecular formula is C12H12F2N2O3. The minimum absolute atomic E-state index is 0.0421. The molecule has 2 rings (SSSR count). The molecule has 0 spiro atoms. The Kier molecular flexibility index (Phi) is 3.64. The maximum Gasteiger partial charge on any atom is 0.387 e. The van der Waals surface area contributed by atoms with E-state index in [1.165, 1.54) is 18.2 Å². The highest BCUT2D eigenvalue weighted by atomic mass is 19.3. The Balaban J connectivity index is 2.20. The number of nitrogens with one attached hydrogen (secondary N) is 1. The molecule has 1 aromatic carbocycles. The van der Waals surface area contributed by atoms with Crippen LogP contribution in [0.2, 0.25) is 0 Å². The van der Waals surface area contributed by atoms with Crippen LogP contribution in [0.4, 0.5) is 14.5 Å². The first-order chi connectivity index (χ1) is 8.95. The minimum atomic E-state index is -2.94. The highest BCUT2D eigenvalue weighted by molar-refractivity contribution is 6.04. The van der Waals surface area contributed by atoms with E-state index in [4.69, 9.17) is 5.73 Å². The normalized spacial score (nSPS) is 17.8. The predicted molar refractivity (Wildman–Crippen MR) is 63.2 cm³/mol. The Hall–Kier alpha value is -2.18. The number of anilines is 1. The molecule has 1 aliphatic rings. The van der Waals surface area contributed by atoms with Crippen molar-refractivity contribution in [2.24, 2.45) is 5.73 Å². The number of amides is 1. The van der Waals surface area contributed by atoms with Gasteiger partial charge < -0.3 is 15.8 Å². The summed E-state index contributed by atoms with van der Waals surface area (Å²) < 4.78 is 28.4. The lowest BCUT2D eigenvalue weighted by atomic mass is 9.94. The highest BCUT2D eigenvalue weighted by Crippen LogP contribution is 2.30. The lowest BCUT2D eigenvalue weighted by molar-refractivity contribution is -0.118. The van der Waals surface area contributed by atoms with Crippen molar-refractivity contribution in [1.82, 2.24) is 0 Å². The fourth-order valence-corrected chi connectivity index (χ4v) is 2.03. The Morgan fingerprint density at radius 1 is 1.53 bits per heavy atom. The van der Waals surface area contributed by atoms with E-state index in [2.05, 4.69) is 10.1 Å². The summed E-state index contributed by atoms with van der Waals surface area (Å²) in [5.41, 5.74) is 5.84. The second kappa shape index (κ2) is 5.21. The molecule has 1 aromatic rings. The van der Waals surface area contributed by atoms with Crippen molar-refractivity contribution in [2.45, 2.75) is 25.5 Å². The van der Waals surface area contributed by atoms with Crippen LogP contribution in [0.5, 0.6) is 5.75 Å². The van der Waals surface area contributed by atoms with Crippen molar-refractivity contribution >= 4 is 17.4 Å². The third kappa shape index (κ3) is 3.18. The van der Waals surface area contributed by atoms with Crippen molar-refractivity contribution in [3.05, 3.63) is 23.8 Å². The van der Waals surface area contributed by atoms with Gasteiger partial charge >= 0.3 is 6.61 Å². The highest BCUT2D eigenvalue weighted by Gasteiger charge is 2.26. The number of Topliss-reactive ketones (excluding diaryl/α,β-unsaturated/α-hetero) is 1. The zero-order chi connectivity index (χ0) is 14.0. The summed E-state index contributed by atoms with van der Waals surface area (Å²) in [5.74, 6) is -0.816. The van der Waals surface area contributed by atoms with Crippen molar-refractivity contribution < 1.29 is 23.1 Å². The van der Waals surface area contributed by atoms with Crippen LogP contribution in [0.3, 0.4) is 0 Å². The van der Waals surface area contributed by atoms with Gasteiger partial charge in [-0.05, 0) is 18.2 Å². The van der Waals surface area contributed by atoms with Crippen molar-refractivity contribution in [2.75, 3.05) is 5.32 Å². The maximum atomic E-state index is 12.1. The first-order valence-electron chi connectivity index (χ1n) is 5.62. The first kappa shape index (κ1) is 13.3. The number of rotatable bonds is 4. The summed E-state index contributed by atoms with van der Waals surface area (Å²) in [7, 11) is 0. The molecule has 1 amide bonds. The molecule has 1 atom stereocenters. The number of benzene rings is 1. The summed E-state index contributed by atoms with van der Waals surface area (Å²) in [4.78, 5) is 22.7. The third-order valence-electron chi connectivity index (χ3n) is 2.76. The van der Waals surface area contributed by atoms with Crippen LogP contribution in [0.1, 0.15) is 23.2 Å². The molecule has 0 fully saturated rings. The topological polar surface area (TPSA) is 81.4 Å². The third-order valence-corrected chi connectivity index (χ3v) is 2.76. The number of primary amides is 1. The molecule has 1 aliphatic heterocycles. The first-order valence-corrected chi connectivity index (χ1v) is 5.62. The van der Waals surface area contributed by atoms with Gasteiger partial charge in [0.25, 0.3) is 0 Å².